The van der Waals surface area contributed by atoms with Crippen molar-refractivity contribution in [3.05, 3.63) is 45.3 Å². The minimum absolute atomic E-state index is 0.239. The molecular weight excluding hydrogens is 242 g/mol. The lowest BCUT2D eigenvalue weighted by Gasteiger charge is -2.10. The number of benzene rings is 1. The largest absolute Gasteiger partial charge is 0.466 e. The van der Waals surface area contributed by atoms with Crippen LogP contribution in [0.5, 0.6) is 0 Å². The van der Waals surface area contributed by atoms with Gasteiger partial charge in [0.2, 0.25) is 0 Å². The Hall–Kier alpha value is -1.71. The van der Waals surface area contributed by atoms with Gasteiger partial charge >= 0.3 is 5.97 Å². The number of ether oxygens (including phenoxy) is 1. The van der Waals surface area contributed by atoms with E-state index in [0.717, 1.165) is 5.56 Å². The molecule has 0 spiro atoms. The first-order chi connectivity index (χ1) is 8.19. The molecule has 1 aromatic rings. The Balaban J connectivity index is 2.84. The fraction of sp³-hybridized carbons (Fsp3) is 0.364. The number of hydrogen-bond donors (Lipinski definition) is 0. The molecule has 0 aliphatic heterocycles. The van der Waals surface area contributed by atoms with Crippen LogP contribution in [-0.2, 0) is 16.0 Å². The third kappa shape index (κ3) is 3.98. The van der Waals surface area contributed by atoms with E-state index in [2.05, 4.69) is 10.0 Å². The number of nitrogens with zero attached hydrogens (tertiary/aromatic N) is 3. The van der Waals surface area contributed by atoms with Gasteiger partial charge in [-0.3, -0.25) is 4.79 Å². The van der Waals surface area contributed by atoms with E-state index in [1.165, 1.54) is 0 Å². The average molecular weight is 254 g/mol. The second-order valence-electron chi connectivity index (χ2n) is 3.27. The molecule has 0 aliphatic carbocycles. The molecule has 0 saturated heterocycles. The van der Waals surface area contributed by atoms with Gasteiger partial charge in [-0.15, -0.1) is 0 Å². The molecule has 0 aromatic heterocycles. The molecule has 0 heterocycles. The zero-order chi connectivity index (χ0) is 12.7. The number of carbonyl (C=O) groups is 1. The van der Waals surface area contributed by atoms with Crippen LogP contribution in [0.2, 0.25) is 5.02 Å². The normalized spacial score (nSPS) is 11.4. The lowest BCUT2D eigenvalue weighted by atomic mass is 10.1. The molecule has 0 bridgehead atoms. The fourth-order valence-corrected chi connectivity index (χ4v) is 1.56. The molecule has 1 unspecified atom stereocenters. The Kier molecular flexibility index (Phi) is 5.33. The number of carbonyl (C=O) groups excluding carboxylic acids is 1. The number of hydrogen-bond acceptors (Lipinski definition) is 3. The fourth-order valence-electron chi connectivity index (χ4n) is 1.34. The SMILES string of the molecule is CCOC(=O)C(Cc1ccccc1Cl)N=[N+]=[N-]. The van der Waals surface area contributed by atoms with E-state index in [1.807, 2.05) is 0 Å². The number of azide groups is 1. The van der Waals surface area contributed by atoms with Crippen LogP contribution in [-0.4, -0.2) is 18.6 Å². The smallest absolute Gasteiger partial charge is 0.315 e. The van der Waals surface area contributed by atoms with Gasteiger partial charge in [-0.25, -0.2) is 0 Å². The molecule has 5 nitrogen and oxygen atoms in total. The molecule has 90 valence electrons. The molecule has 6 heteroatoms. The second kappa shape index (κ2) is 6.78. The van der Waals surface area contributed by atoms with Crippen LogP contribution in [0.25, 0.3) is 10.4 Å². The molecule has 1 atom stereocenters. The van der Waals surface area contributed by atoms with Gasteiger partial charge in [0.25, 0.3) is 0 Å². The highest BCUT2D eigenvalue weighted by Crippen LogP contribution is 2.18. The lowest BCUT2D eigenvalue weighted by Crippen LogP contribution is -2.23. The van der Waals surface area contributed by atoms with Crippen molar-refractivity contribution in [2.75, 3.05) is 6.61 Å². The Morgan fingerprint density at radius 2 is 2.29 bits per heavy atom. The molecule has 0 aliphatic rings. The molecule has 1 aromatic carbocycles. The van der Waals surface area contributed by atoms with Crippen LogP contribution in [0.4, 0.5) is 0 Å². The summed E-state index contributed by atoms with van der Waals surface area (Å²) in [7, 11) is 0. The minimum atomic E-state index is -0.875. The van der Waals surface area contributed by atoms with Crippen LogP contribution < -0.4 is 0 Å². The monoisotopic (exact) mass is 253 g/mol. The zero-order valence-corrected chi connectivity index (χ0v) is 10.1. The summed E-state index contributed by atoms with van der Waals surface area (Å²) < 4.78 is 4.82. The van der Waals surface area contributed by atoms with Crippen molar-refractivity contribution in [3.63, 3.8) is 0 Å². The Labute approximate surface area is 104 Å². The van der Waals surface area contributed by atoms with Crippen molar-refractivity contribution >= 4 is 17.6 Å². The summed E-state index contributed by atoms with van der Waals surface area (Å²) in [6, 6.07) is 6.22. The van der Waals surface area contributed by atoms with Crippen molar-refractivity contribution in [2.24, 2.45) is 5.11 Å². The summed E-state index contributed by atoms with van der Waals surface area (Å²) >= 11 is 5.96. The molecule has 1 rings (SSSR count). The van der Waals surface area contributed by atoms with E-state index in [-0.39, 0.29) is 13.0 Å². The van der Waals surface area contributed by atoms with Gasteiger partial charge in [-0.2, -0.15) is 0 Å². The third-order valence-corrected chi connectivity index (χ3v) is 2.49. The van der Waals surface area contributed by atoms with Gasteiger partial charge in [-0.1, -0.05) is 34.9 Å². The maximum Gasteiger partial charge on any atom is 0.315 e. The highest BCUT2D eigenvalue weighted by atomic mass is 35.5. The van der Waals surface area contributed by atoms with Gasteiger partial charge in [0.15, 0.2) is 0 Å². The Morgan fingerprint density at radius 1 is 1.59 bits per heavy atom. The predicted octanol–water partition coefficient (Wildman–Crippen LogP) is 3.12. The lowest BCUT2D eigenvalue weighted by molar-refractivity contribution is -0.144. The summed E-state index contributed by atoms with van der Waals surface area (Å²) in [6.07, 6.45) is 0.239. The molecular formula is C11H12ClN3O2. The maximum absolute atomic E-state index is 11.5. The maximum atomic E-state index is 11.5. The standard InChI is InChI=1S/C11H12ClN3O2/c1-2-17-11(16)10(14-15-13)7-8-5-3-4-6-9(8)12/h3-6,10H,2,7H2,1H3. The molecule has 0 amide bonds. The quantitative estimate of drug-likeness (QED) is 0.350. The Bertz CT molecular complexity index is 444. The summed E-state index contributed by atoms with van der Waals surface area (Å²) in [6.45, 7) is 1.94. The molecule has 0 N–H and O–H groups in total. The van der Waals surface area contributed by atoms with Crippen LogP contribution in [0.3, 0.4) is 0 Å². The van der Waals surface area contributed by atoms with E-state index in [4.69, 9.17) is 21.9 Å². The minimum Gasteiger partial charge on any atom is -0.466 e. The van der Waals surface area contributed by atoms with E-state index < -0.39 is 12.0 Å². The van der Waals surface area contributed by atoms with Crippen LogP contribution in [0.1, 0.15) is 12.5 Å². The number of esters is 1. The first-order valence-electron chi connectivity index (χ1n) is 5.13. The van der Waals surface area contributed by atoms with E-state index >= 15 is 0 Å². The van der Waals surface area contributed by atoms with Gasteiger partial charge in [0.05, 0.1) is 6.61 Å². The van der Waals surface area contributed by atoms with E-state index in [1.54, 1.807) is 31.2 Å². The molecule has 0 fully saturated rings. The number of halogens is 1. The van der Waals surface area contributed by atoms with Crippen LogP contribution in [0, 0.1) is 0 Å². The molecule has 17 heavy (non-hydrogen) atoms. The van der Waals surface area contributed by atoms with Crippen molar-refractivity contribution in [1.29, 1.82) is 0 Å². The van der Waals surface area contributed by atoms with Gasteiger partial charge in [-0.05, 0) is 30.5 Å². The van der Waals surface area contributed by atoms with Crippen molar-refractivity contribution in [2.45, 2.75) is 19.4 Å². The highest BCUT2D eigenvalue weighted by Gasteiger charge is 2.19. The van der Waals surface area contributed by atoms with E-state index in [0.29, 0.717) is 5.02 Å². The number of rotatable bonds is 5. The van der Waals surface area contributed by atoms with Crippen molar-refractivity contribution in [1.82, 2.24) is 0 Å². The van der Waals surface area contributed by atoms with Crippen LogP contribution >= 0.6 is 11.6 Å². The highest BCUT2D eigenvalue weighted by molar-refractivity contribution is 6.31. The van der Waals surface area contributed by atoms with Gasteiger partial charge in [0, 0.05) is 9.93 Å². The Morgan fingerprint density at radius 3 is 2.88 bits per heavy atom. The van der Waals surface area contributed by atoms with Crippen molar-refractivity contribution < 1.29 is 9.53 Å². The topological polar surface area (TPSA) is 75.1 Å². The zero-order valence-electron chi connectivity index (χ0n) is 9.34. The molecule has 0 radical (unpaired) electrons. The van der Waals surface area contributed by atoms with Gasteiger partial charge < -0.3 is 4.74 Å². The second-order valence-corrected chi connectivity index (χ2v) is 3.68. The average Bonchev–Trinajstić information content (AvgIpc) is 2.31. The summed E-state index contributed by atoms with van der Waals surface area (Å²) in [5.74, 6) is -0.537. The first kappa shape index (κ1) is 13.4. The van der Waals surface area contributed by atoms with Gasteiger partial charge in [0.1, 0.15) is 6.04 Å². The molecule has 0 saturated carbocycles. The summed E-state index contributed by atoms with van der Waals surface area (Å²) in [5, 5.41) is 3.96. The summed E-state index contributed by atoms with van der Waals surface area (Å²) in [5.41, 5.74) is 9.17. The van der Waals surface area contributed by atoms with Crippen molar-refractivity contribution in [3.8, 4) is 0 Å². The summed E-state index contributed by atoms with van der Waals surface area (Å²) in [4.78, 5) is 14.2. The van der Waals surface area contributed by atoms with Crippen LogP contribution in [0.15, 0.2) is 29.4 Å². The predicted molar refractivity (Wildman–Crippen MR) is 64.7 cm³/mol. The van der Waals surface area contributed by atoms with E-state index in [9.17, 15) is 4.79 Å². The third-order valence-electron chi connectivity index (χ3n) is 2.12. The first-order valence-corrected chi connectivity index (χ1v) is 5.51.